The smallest absolute Gasteiger partial charge is 0.250 e. The quantitative estimate of drug-likeness (QED) is 0.619. The summed E-state index contributed by atoms with van der Waals surface area (Å²) < 4.78 is 1.68. The fraction of sp³-hybridized carbons (Fsp3) is 0.0556. The van der Waals surface area contributed by atoms with Crippen LogP contribution in [-0.4, -0.2) is 19.7 Å². The molecule has 3 aromatic heterocycles. The van der Waals surface area contributed by atoms with Crippen LogP contribution in [0.3, 0.4) is 0 Å². The molecule has 0 amide bonds. The highest BCUT2D eigenvalue weighted by Gasteiger charge is 2.15. The van der Waals surface area contributed by atoms with Gasteiger partial charge in [0.15, 0.2) is 5.82 Å². The number of nitrogens with one attached hydrogen (secondary N) is 1. The molecule has 0 aliphatic heterocycles. The molecule has 1 N–H and O–H groups in total. The molecule has 0 atom stereocenters. The van der Waals surface area contributed by atoms with Gasteiger partial charge in [-0.2, -0.15) is 9.78 Å². The molecule has 0 fully saturated rings. The lowest BCUT2D eigenvalue weighted by Crippen LogP contribution is -2.08. The number of nitrogens with zero attached hydrogens (tertiary/aromatic N) is 3. The summed E-state index contributed by atoms with van der Waals surface area (Å²) in [7, 11) is 0. The van der Waals surface area contributed by atoms with E-state index in [0.29, 0.717) is 11.5 Å². The van der Waals surface area contributed by atoms with E-state index in [4.69, 9.17) is 0 Å². The molecule has 112 valence electrons. The summed E-state index contributed by atoms with van der Waals surface area (Å²) in [5.41, 5.74) is 3.22. The molecule has 0 spiro atoms. The molecule has 0 aliphatic carbocycles. The highest BCUT2D eigenvalue weighted by Crippen LogP contribution is 2.29. The molecule has 0 aliphatic rings. The summed E-state index contributed by atoms with van der Waals surface area (Å²) in [4.78, 5) is 19.4. The zero-order chi connectivity index (χ0) is 15.8. The van der Waals surface area contributed by atoms with E-state index >= 15 is 0 Å². The van der Waals surface area contributed by atoms with Crippen molar-refractivity contribution in [2.24, 2.45) is 0 Å². The van der Waals surface area contributed by atoms with Crippen LogP contribution in [0.5, 0.6) is 0 Å². The predicted molar refractivity (Wildman–Crippen MR) is 89.7 cm³/mol. The predicted octanol–water partition coefficient (Wildman–Crippen LogP) is 3.08. The van der Waals surface area contributed by atoms with Crippen LogP contribution >= 0.6 is 0 Å². The Morgan fingerprint density at radius 2 is 1.83 bits per heavy atom. The molecule has 3 heterocycles. The number of rotatable bonds is 2. The maximum Gasteiger partial charge on any atom is 0.250 e. The van der Waals surface area contributed by atoms with Crippen LogP contribution in [0.4, 0.5) is 0 Å². The molecule has 23 heavy (non-hydrogen) atoms. The van der Waals surface area contributed by atoms with Crippen molar-refractivity contribution >= 4 is 11.0 Å². The molecule has 5 nitrogen and oxygen atoms in total. The first kappa shape index (κ1) is 13.5. The minimum absolute atomic E-state index is 0.159. The molecule has 4 rings (SSSR count). The monoisotopic (exact) mass is 302 g/mol. The number of hydrogen-bond donors (Lipinski definition) is 1. The lowest BCUT2D eigenvalue weighted by Gasteiger charge is -2.05. The average Bonchev–Trinajstić information content (AvgIpc) is 2.92. The van der Waals surface area contributed by atoms with Gasteiger partial charge in [0.2, 0.25) is 5.56 Å². The second kappa shape index (κ2) is 5.21. The van der Waals surface area contributed by atoms with E-state index in [0.717, 1.165) is 22.2 Å². The first-order valence-electron chi connectivity index (χ1n) is 7.33. The third-order valence-corrected chi connectivity index (χ3v) is 3.80. The van der Waals surface area contributed by atoms with Gasteiger partial charge in [-0.05, 0) is 30.2 Å². The first-order valence-corrected chi connectivity index (χ1v) is 7.33. The van der Waals surface area contributed by atoms with Crippen LogP contribution < -0.4 is 5.56 Å². The Balaban J connectivity index is 2.08. The van der Waals surface area contributed by atoms with Gasteiger partial charge >= 0.3 is 0 Å². The summed E-state index contributed by atoms with van der Waals surface area (Å²) in [6.07, 6.45) is 1.71. The number of pyridine rings is 2. The van der Waals surface area contributed by atoms with E-state index < -0.39 is 0 Å². The molecule has 1 aromatic carbocycles. The van der Waals surface area contributed by atoms with Gasteiger partial charge in [0.05, 0.1) is 5.69 Å². The van der Waals surface area contributed by atoms with Crippen molar-refractivity contribution in [2.45, 2.75) is 6.92 Å². The SMILES string of the molecule is Cc1nn(-c2ccccn2)c2[nH]c(=O)cc(-c3ccccc3)c12. The van der Waals surface area contributed by atoms with Gasteiger partial charge in [0.1, 0.15) is 5.65 Å². The Morgan fingerprint density at radius 1 is 1.04 bits per heavy atom. The van der Waals surface area contributed by atoms with Crippen molar-refractivity contribution in [3.05, 3.63) is 76.8 Å². The van der Waals surface area contributed by atoms with Gasteiger partial charge in [0, 0.05) is 17.6 Å². The third kappa shape index (κ3) is 2.23. The number of aromatic amines is 1. The topological polar surface area (TPSA) is 63.6 Å². The highest BCUT2D eigenvalue weighted by molar-refractivity contribution is 5.95. The molecule has 0 saturated heterocycles. The van der Waals surface area contributed by atoms with Crippen molar-refractivity contribution in [1.29, 1.82) is 0 Å². The molecule has 4 aromatic rings. The highest BCUT2D eigenvalue weighted by atomic mass is 16.1. The maximum atomic E-state index is 12.2. The molecule has 0 bridgehead atoms. The van der Waals surface area contributed by atoms with Crippen LogP contribution in [0.1, 0.15) is 5.69 Å². The number of aryl methyl sites for hydroxylation is 1. The average molecular weight is 302 g/mol. The Morgan fingerprint density at radius 3 is 2.57 bits per heavy atom. The summed E-state index contributed by atoms with van der Waals surface area (Å²) in [5.74, 6) is 0.673. The molecule has 0 unspecified atom stereocenters. The molecule has 0 saturated carbocycles. The van der Waals surface area contributed by atoms with Crippen molar-refractivity contribution in [1.82, 2.24) is 19.7 Å². The van der Waals surface area contributed by atoms with Crippen molar-refractivity contribution in [3.63, 3.8) is 0 Å². The lowest BCUT2D eigenvalue weighted by atomic mass is 10.0. The van der Waals surface area contributed by atoms with E-state index in [1.54, 1.807) is 16.9 Å². The Kier molecular flexibility index (Phi) is 3.05. The summed E-state index contributed by atoms with van der Waals surface area (Å²) in [6, 6.07) is 17.1. The van der Waals surface area contributed by atoms with Gasteiger partial charge in [0.25, 0.3) is 0 Å². The van der Waals surface area contributed by atoms with Gasteiger partial charge in [-0.3, -0.25) is 4.79 Å². The fourth-order valence-electron chi connectivity index (χ4n) is 2.81. The van der Waals surface area contributed by atoms with Crippen molar-refractivity contribution < 1.29 is 0 Å². The van der Waals surface area contributed by atoms with Crippen LogP contribution in [0.15, 0.2) is 65.6 Å². The minimum atomic E-state index is -0.159. The van der Waals surface area contributed by atoms with Gasteiger partial charge in [-0.1, -0.05) is 36.4 Å². The normalized spacial score (nSPS) is 11.0. The Labute approximate surface area is 132 Å². The summed E-state index contributed by atoms with van der Waals surface area (Å²) in [6.45, 7) is 1.94. The third-order valence-electron chi connectivity index (χ3n) is 3.80. The maximum absolute atomic E-state index is 12.2. The molecular formula is C18H14N4O. The van der Waals surface area contributed by atoms with Crippen LogP contribution in [0.2, 0.25) is 0 Å². The molecule has 0 radical (unpaired) electrons. The number of benzene rings is 1. The second-order valence-corrected chi connectivity index (χ2v) is 5.32. The fourth-order valence-corrected chi connectivity index (χ4v) is 2.81. The van der Waals surface area contributed by atoms with E-state index in [1.165, 1.54) is 0 Å². The van der Waals surface area contributed by atoms with E-state index in [9.17, 15) is 4.79 Å². The van der Waals surface area contributed by atoms with E-state index in [2.05, 4.69) is 15.1 Å². The van der Waals surface area contributed by atoms with Gasteiger partial charge in [-0.15, -0.1) is 0 Å². The Bertz CT molecular complexity index is 1030. The number of aromatic nitrogens is 4. The number of hydrogen-bond acceptors (Lipinski definition) is 3. The zero-order valence-electron chi connectivity index (χ0n) is 12.5. The van der Waals surface area contributed by atoms with E-state index in [1.807, 2.05) is 55.5 Å². The largest absolute Gasteiger partial charge is 0.306 e. The number of fused-ring (bicyclic) bond motifs is 1. The van der Waals surface area contributed by atoms with Crippen molar-refractivity contribution in [3.8, 4) is 16.9 Å². The van der Waals surface area contributed by atoms with Gasteiger partial charge < -0.3 is 4.98 Å². The summed E-state index contributed by atoms with van der Waals surface area (Å²) in [5, 5.41) is 5.50. The van der Waals surface area contributed by atoms with E-state index in [-0.39, 0.29) is 5.56 Å². The van der Waals surface area contributed by atoms with Crippen molar-refractivity contribution in [2.75, 3.05) is 0 Å². The summed E-state index contributed by atoms with van der Waals surface area (Å²) >= 11 is 0. The van der Waals surface area contributed by atoms with Gasteiger partial charge in [-0.25, -0.2) is 4.98 Å². The van der Waals surface area contributed by atoms with Crippen LogP contribution in [0.25, 0.3) is 28.0 Å². The Hall–Kier alpha value is -3.21. The first-order chi connectivity index (χ1) is 11.2. The zero-order valence-corrected chi connectivity index (χ0v) is 12.5. The standard InChI is InChI=1S/C18H14N4O/c1-12-17-14(13-7-3-2-4-8-13)11-16(23)20-18(17)22(21-12)15-9-5-6-10-19-15/h2-11H,1H3,(H,20,23). The second-order valence-electron chi connectivity index (χ2n) is 5.32. The lowest BCUT2D eigenvalue weighted by molar-refractivity contribution is 0.845. The molecule has 5 heteroatoms. The molecular weight excluding hydrogens is 288 g/mol. The number of H-pyrrole nitrogens is 1. The van der Waals surface area contributed by atoms with Crippen LogP contribution in [-0.2, 0) is 0 Å². The van der Waals surface area contributed by atoms with Crippen LogP contribution in [0, 0.1) is 6.92 Å². The minimum Gasteiger partial charge on any atom is -0.306 e.